The number of carbonyl (C=O) groups excluding carboxylic acids is 1. The number of hydrogen-bond donors (Lipinski definition) is 2. The summed E-state index contributed by atoms with van der Waals surface area (Å²) in [6.07, 6.45) is 2.51. The van der Waals surface area contributed by atoms with E-state index >= 15 is 0 Å². The van der Waals surface area contributed by atoms with Crippen LogP contribution in [-0.2, 0) is 9.53 Å². The van der Waals surface area contributed by atoms with E-state index in [1.165, 1.54) is 0 Å². The average molecular weight is 312 g/mol. The van der Waals surface area contributed by atoms with E-state index in [9.17, 15) is 9.90 Å². The molecule has 0 spiro atoms. The van der Waals surface area contributed by atoms with Crippen LogP contribution < -0.4 is 5.32 Å². The third-order valence-corrected chi connectivity index (χ3v) is 4.35. The fraction of sp³-hybridized carbons (Fsp3) is 0.562. The summed E-state index contributed by atoms with van der Waals surface area (Å²) in [7, 11) is 0. The minimum atomic E-state index is -0.790. The Morgan fingerprint density at radius 2 is 2.10 bits per heavy atom. The molecule has 1 aromatic carbocycles. The molecule has 1 fully saturated rings. The normalized spacial score (nSPS) is 25.4. The number of anilines is 1. The SMILES string of the molecule is CCOC(=O)C1CCC(O)(CNc2ccccc2Cl)CC1. The highest BCUT2D eigenvalue weighted by Crippen LogP contribution is 2.33. The first-order chi connectivity index (χ1) is 10.0. The molecule has 0 radical (unpaired) electrons. The van der Waals surface area contributed by atoms with Crippen molar-refractivity contribution in [1.82, 2.24) is 0 Å². The topological polar surface area (TPSA) is 58.6 Å². The van der Waals surface area contributed by atoms with Crippen LogP contribution in [0.15, 0.2) is 24.3 Å². The van der Waals surface area contributed by atoms with Gasteiger partial charge in [0.25, 0.3) is 0 Å². The van der Waals surface area contributed by atoms with Gasteiger partial charge in [-0.15, -0.1) is 0 Å². The molecule has 21 heavy (non-hydrogen) atoms. The number of hydrogen-bond acceptors (Lipinski definition) is 4. The lowest BCUT2D eigenvalue weighted by Gasteiger charge is -2.35. The van der Waals surface area contributed by atoms with Gasteiger partial charge >= 0.3 is 5.97 Å². The second kappa shape index (κ2) is 7.14. The van der Waals surface area contributed by atoms with E-state index in [1.807, 2.05) is 31.2 Å². The van der Waals surface area contributed by atoms with Gasteiger partial charge in [-0.3, -0.25) is 4.79 Å². The molecular weight excluding hydrogens is 290 g/mol. The first kappa shape index (κ1) is 16.1. The first-order valence-electron chi connectivity index (χ1n) is 7.41. The van der Waals surface area contributed by atoms with Crippen molar-refractivity contribution in [3.63, 3.8) is 0 Å². The molecule has 0 aromatic heterocycles. The monoisotopic (exact) mass is 311 g/mol. The van der Waals surface area contributed by atoms with Crippen LogP contribution in [0.3, 0.4) is 0 Å². The largest absolute Gasteiger partial charge is 0.466 e. The van der Waals surface area contributed by atoms with Gasteiger partial charge in [-0.25, -0.2) is 0 Å². The molecule has 2 N–H and O–H groups in total. The standard InChI is InChI=1S/C16H22ClNO3/c1-2-21-15(19)12-7-9-16(20,10-8-12)11-18-14-6-4-3-5-13(14)17/h3-6,12,18,20H,2,7-11H2,1H3. The van der Waals surface area contributed by atoms with Crippen molar-refractivity contribution < 1.29 is 14.6 Å². The van der Waals surface area contributed by atoms with E-state index in [2.05, 4.69) is 5.32 Å². The van der Waals surface area contributed by atoms with Gasteiger partial charge in [0.15, 0.2) is 0 Å². The van der Waals surface area contributed by atoms with E-state index in [0.29, 0.717) is 43.9 Å². The average Bonchev–Trinajstić information content (AvgIpc) is 2.47. The van der Waals surface area contributed by atoms with Crippen molar-refractivity contribution in [3.05, 3.63) is 29.3 Å². The van der Waals surface area contributed by atoms with Crippen molar-refractivity contribution in [2.75, 3.05) is 18.5 Å². The Morgan fingerprint density at radius 3 is 2.71 bits per heavy atom. The van der Waals surface area contributed by atoms with E-state index in [-0.39, 0.29) is 11.9 Å². The molecule has 4 nitrogen and oxygen atoms in total. The van der Waals surface area contributed by atoms with Gasteiger partial charge in [-0.1, -0.05) is 23.7 Å². The molecule has 0 saturated heterocycles. The zero-order chi connectivity index (χ0) is 15.3. The van der Waals surface area contributed by atoms with E-state index in [1.54, 1.807) is 0 Å². The third-order valence-electron chi connectivity index (χ3n) is 4.02. The number of esters is 1. The van der Waals surface area contributed by atoms with Gasteiger partial charge < -0.3 is 15.2 Å². The quantitative estimate of drug-likeness (QED) is 0.820. The zero-order valence-corrected chi connectivity index (χ0v) is 13.0. The Hall–Kier alpha value is -1.26. The summed E-state index contributed by atoms with van der Waals surface area (Å²) in [5.74, 6) is -0.218. The Balaban J connectivity index is 1.85. The molecule has 1 aromatic rings. The van der Waals surface area contributed by atoms with Gasteiger partial charge in [-0.2, -0.15) is 0 Å². The molecule has 116 valence electrons. The Kier molecular flexibility index (Phi) is 5.48. The lowest BCUT2D eigenvalue weighted by Crippen LogP contribution is -2.42. The maximum absolute atomic E-state index is 11.7. The molecule has 1 aliphatic carbocycles. The van der Waals surface area contributed by atoms with Crippen LogP contribution in [0, 0.1) is 5.92 Å². The second-order valence-electron chi connectivity index (χ2n) is 5.58. The minimum Gasteiger partial charge on any atom is -0.466 e. The number of nitrogens with one attached hydrogen (secondary N) is 1. The number of carbonyl (C=O) groups is 1. The molecule has 0 atom stereocenters. The Bertz CT molecular complexity index is 484. The molecule has 0 heterocycles. The van der Waals surface area contributed by atoms with Gasteiger partial charge in [0.2, 0.25) is 0 Å². The van der Waals surface area contributed by atoms with Crippen LogP contribution in [0.4, 0.5) is 5.69 Å². The number of aliphatic hydroxyl groups is 1. The van der Waals surface area contributed by atoms with Crippen LogP contribution in [0.25, 0.3) is 0 Å². The highest BCUT2D eigenvalue weighted by atomic mass is 35.5. The summed E-state index contributed by atoms with van der Waals surface area (Å²) in [5, 5.41) is 14.4. The molecule has 0 bridgehead atoms. The molecule has 0 unspecified atom stereocenters. The number of ether oxygens (including phenoxy) is 1. The number of halogens is 1. The summed E-state index contributed by atoms with van der Waals surface area (Å²) < 4.78 is 5.04. The van der Waals surface area contributed by atoms with Gasteiger partial charge in [0, 0.05) is 6.54 Å². The fourth-order valence-corrected chi connectivity index (χ4v) is 2.89. The summed E-state index contributed by atoms with van der Waals surface area (Å²) in [6.45, 7) is 2.66. The van der Waals surface area contributed by atoms with Gasteiger partial charge in [0.1, 0.15) is 0 Å². The zero-order valence-electron chi connectivity index (χ0n) is 12.3. The van der Waals surface area contributed by atoms with Crippen LogP contribution in [-0.4, -0.2) is 29.8 Å². The molecule has 0 aliphatic heterocycles. The Morgan fingerprint density at radius 1 is 1.43 bits per heavy atom. The van der Waals surface area contributed by atoms with Gasteiger partial charge in [0.05, 0.1) is 28.8 Å². The second-order valence-corrected chi connectivity index (χ2v) is 5.99. The highest BCUT2D eigenvalue weighted by Gasteiger charge is 2.36. The summed E-state index contributed by atoms with van der Waals surface area (Å²) in [5.41, 5.74) is 0.0300. The van der Waals surface area contributed by atoms with Gasteiger partial charge in [-0.05, 0) is 44.7 Å². The number of benzene rings is 1. The predicted molar refractivity (Wildman–Crippen MR) is 83.5 cm³/mol. The predicted octanol–water partition coefficient (Wildman–Crippen LogP) is 3.24. The van der Waals surface area contributed by atoms with Crippen LogP contribution in [0.2, 0.25) is 5.02 Å². The summed E-state index contributed by atoms with van der Waals surface area (Å²) >= 11 is 6.08. The van der Waals surface area contributed by atoms with Crippen LogP contribution in [0.5, 0.6) is 0 Å². The van der Waals surface area contributed by atoms with Crippen molar-refractivity contribution >= 4 is 23.3 Å². The molecule has 1 aliphatic rings. The molecule has 1 saturated carbocycles. The van der Waals surface area contributed by atoms with Crippen molar-refractivity contribution in [1.29, 1.82) is 0 Å². The fourth-order valence-electron chi connectivity index (χ4n) is 2.69. The lowest BCUT2D eigenvalue weighted by molar-refractivity contribution is -0.150. The molecule has 2 rings (SSSR count). The molecule has 5 heteroatoms. The highest BCUT2D eigenvalue weighted by molar-refractivity contribution is 6.33. The number of para-hydroxylation sites is 1. The first-order valence-corrected chi connectivity index (χ1v) is 7.79. The van der Waals surface area contributed by atoms with E-state index in [0.717, 1.165) is 5.69 Å². The van der Waals surface area contributed by atoms with Crippen molar-refractivity contribution in [2.24, 2.45) is 5.92 Å². The van der Waals surface area contributed by atoms with E-state index < -0.39 is 5.60 Å². The maximum Gasteiger partial charge on any atom is 0.308 e. The maximum atomic E-state index is 11.7. The minimum absolute atomic E-state index is 0.0782. The smallest absolute Gasteiger partial charge is 0.308 e. The van der Waals surface area contributed by atoms with Crippen molar-refractivity contribution in [2.45, 2.75) is 38.2 Å². The Labute approximate surface area is 130 Å². The third kappa shape index (κ3) is 4.35. The molecule has 0 amide bonds. The van der Waals surface area contributed by atoms with Crippen LogP contribution in [0.1, 0.15) is 32.6 Å². The summed E-state index contributed by atoms with van der Waals surface area (Å²) in [4.78, 5) is 11.7. The lowest BCUT2D eigenvalue weighted by atomic mass is 9.78. The van der Waals surface area contributed by atoms with Crippen LogP contribution >= 0.6 is 11.6 Å². The van der Waals surface area contributed by atoms with Crippen molar-refractivity contribution in [3.8, 4) is 0 Å². The number of rotatable bonds is 5. The van der Waals surface area contributed by atoms with E-state index in [4.69, 9.17) is 16.3 Å². The molecular formula is C16H22ClNO3. The summed E-state index contributed by atoms with van der Waals surface area (Å²) in [6, 6.07) is 7.46.